The van der Waals surface area contributed by atoms with Crippen LogP contribution in [0.15, 0.2) is 41.2 Å². The zero-order valence-corrected chi connectivity index (χ0v) is 13.2. The van der Waals surface area contributed by atoms with Crippen molar-refractivity contribution in [3.05, 3.63) is 58.8 Å². The second-order valence-corrected chi connectivity index (χ2v) is 5.43. The van der Waals surface area contributed by atoms with E-state index in [1.807, 2.05) is 19.1 Å². The lowest BCUT2D eigenvalue weighted by Gasteiger charge is -2.15. The summed E-state index contributed by atoms with van der Waals surface area (Å²) in [6, 6.07) is 1.46. The van der Waals surface area contributed by atoms with E-state index in [1.54, 1.807) is 26.2 Å². The van der Waals surface area contributed by atoms with E-state index in [0.717, 1.165) is 27.9 Å². The average molecular weight is 311 g/mol. The Balaban J connectivity index is 2.24. The summed E-state index contributed by atoms with van der Waals surface area (Å²) in [6.45, 7) is 3.71. The van der Waals surface area contributed by atoms with Gasteiger partial charge >= 0.3 is 0 Å². The molecule has 0 atom stereocenters. The molecule has 6 heteroatoms. The maximum atomic E-state index is 14.3. The van der Waals surface area contributed by atoms with Crippen LogP contribution in [0.2, 0.25) is 0 Å². The topological polar surface area (TPSA) is 79.1 Å². The molecule has 2 heterocycles. The molecule has 0 spiro atoms. The number of aliphatic imine (C=N–C) groups is 1. The van der Waals surface area contributed by atoms with Crippen molar-refractivity contribution in [2.45, 2.75) is 13.8 Å². The van der Waals surface area contributed by atoms with E-state index in [1.165, 1.54) is 6.07 Å². The number of hydrogen-bond donors (Lipinski definition) is 3. The molecule has 3 rings (SSSR count). The van der Waals surface area contributed by atoms with E-state index in [4.69, 9.17) is 5.73 Å². The number of aryl methyl sites for hydroxylation is 1. The van der Waals surface area contributed by atoms with Crippen molar-refractivity contribution in [2.24, 2.45) is 10.7 Å². The number of rotatable bonds is 2. The highest BCUT2D eigenvalue weighted by atomic mass is 19.1. The molecule has 1 aromatic heterocycles. The predicted octanol–water partition coefficient (Wildman–Crippen LogP) is 2.69. The van der Waals surface area contributed by atoms with Gasteiger partial charge in [-0.05, 0) is 42.7 Å². The van der Waals surface area contributed by atoms with Crippen LogP contribution in [0.1, 0.15) is 16.8 Å². The summed E-state index contributed by atoms with van der Waals surface area (Å²) in [4.78, 5) is 3.92. The van der Waals surface area contributed by atoms with Gasteiger partial charge in [0.25, 0.3) is 0 Å². The largest absolute Gasteiger partial charge is 0.384 e. The maximum absolute atomic E-state index is 14.3. The Kier molecular flexibility index (Phi) is 3.73. The number of benzene rings is 1. The van der Waals surface area contributed by atoms with Crippen LogP contribution in [0.3, 0.4) is 0 Å². The van der Waals surface area contributed by atoms with Crippen molar-refractivity contribution in [1.29, 1.82) is 0 Å². The molecule has 2 aromatic rings. The summed E-state index contributed by atoms with van der Waals surface area (Å²) in [6.07, 6.45) is 7.36. The number of nitrogens with two attached hydrogens (primary N) is 1. The number of H-pyrrole nitrogens is 1. The molecule has 0 fully saturated rings. The highest BCUT2D eigenvalue weighted by molar-refractivity contribution is 5.99. The maximum Gasteiger partial charge on any atom is 0.128 e. The molecule has 0 amide bonds. The van der Waals surface area contributed by atoms with Gasteiger partial charge in [0, 0.05) is 42.2 Å². The average Bonchev–Trinajstić information content (AvgIpc) is 2.89. The van der Waals surface area contributed by atoms with Crippen LogP contribution in [-0.2, 0) is 0 Å². The SMILES string of the molecule is CN=C(N)/C=C1/C=C(c2c(C)c(F)cc3n[nH]c(C)c23)C=CN1. The first kappa shape index (κ1) is 15.0. The van der Waals surface area contributed by atoms with Crippen molar-refractivity contribution >= 4 is 22.3 Å². The van der Waals surface area contributed by atoms with E-state index >= 15 is 0 Å². The summed E-state index contributed by atoms with van der Waals surface area (Å²) in [7, 11) is 1.63. The van der Waals surface area contributed by atoms with Crippen molar-refractivity contribution in [1.82, 2.24) is 15.5 Å². The molecule has 5 nitrogen and oxygen atoms in total. The van der Waals surface area contributed by atoms with E-state index in [9.17, 15) is 4.39 Å². The fourth-order valence-electron chi connectivity index (χ4n) is 2.71. The molecule has 0 saturated heterocycles. The van der Waals surface area contributed by atoms with Gasteiger partial charge in [0.1, 0.15) is 11.7 Å². The van der Waals surface area contributed by atoms with E-state index in [2.05, 4.69) is 20.5 Å². The van der Waals surface area contributed by atoms with Crippen molar-refractivity contribution in [2.75, 3.05) is 7.05 Å². The highest BCUT2D eigenvalue weighted by Crippen LogP contribution is 2.33. The van der Waals surface area contributed by atoms with Gasteiger partial charge in [-0.2, -0.15) is 5.10 Å². The molecule has 0 bridgehead atoms. The van der Waals surface area contributed by atoms with Crippen molar-refractivity contribution in [3.63, 3.8) is 0 Å². The first-order valence-electron chi connectivity index (χ1n) is 7.24. The molecule has 118 valence electrons. The molecule has 0 unspecified atom stereocenters. The summed E-state index contributed by atoms with van der Waals surface area (Å²) >= 11 is 0. The molecule has 1 aromatic carbocycles. The van der Waals surface area contributed by atoms with E-state index < -0.39 is 0 Å². The highest BCUT2D eigenvalue weighted by Gasteiger charge is 2.17. The number of allylic oxidation sites excluding steroid dienone is 3. The molecular weight excluding hydrogens is 293 g/mol. The second-order valence-electron chi connectivity index (χ2n) is 5.43. The number of aromatic nitrogens is 2. The normalized spacial score (nSPS) is 16.8. The number of amidine groups is 1. The minimum Gasteiger partial charge on any atom is -0.384 e. The Morgan fingerprint density at radius 1 is 1.39 bits per heavy atom. The predicted molar refractivity (Wildman–Crippen MR) is 91.4 cm³/mol. The number of halogens is 1. The minimum atomic E-state index is -0.271. The second kappa shape index (κ2) is 5.72. The number of hydrogen-bond acceptors (Lipinski definition) is 3. The zero-order valence-electron chi connectivity index (χ0n) is 13.2. The summed E-state index contributed by atoms with van der Waals surface area (Å²) < 4.78 is 14.3. The standard InChI is InChI=1S/C17H18FN5/c1-9-13(18)8-14-17(10(2)22-23-14)16(9)11-4-5-21-12(6-11)7-15(19)20-3/h4-8,21H,1-3H3,(H2,19,20)(H,22,23)/b12-7-. The summed E-state index contributed by atoms with van der Waals surface area (Å²) in [5, 5.41) is 11.1. The van der Waals surface area contributed by atoms with Gasteiger partial charge in [-0.15, -0.1) is 0 Å². The van der Waals surface area contributed by atoms with Gasteiger partial charge < -0.3 is 11.1 Å². The molecule has 1 aliphatic rings. The lowest BCUT2D eigenvalue weighted by Crippen LogP contribution is -2.14. The monoisotopic (exact) mass is 311 g/mol. The van der Waals surface area contributed by atoms with Crippen molar-refractivity contribution in [3.8, 4) is 0 Å². The molecule has 0 radical (unpaired) electrons. The fourth-order valence-corrected chi connectivity index (χ4v) is 2.71. The third-order valence-electron chi connectivity index (χ3n) is 3.90. The number of nitrogens with one attached hydrogen (secondary N) is 2. The number of dihydropyridines is 1. The third-order valence-corrected chi connectivity index (χ3v) is 3.90. The minimum absolute atomic E-state index is 0.271. The van der Waals surface area contributed by atoms with E-state index in [0.29, 0.717) is 16.9 Å². The summed E-state index contributed by atoms with van der Waals surface area (Å²) in [5.41, 5.74) is 10.4. The van der Waals surface area contributed by atoms with Crippen LogP contribution in [0.5, 0.6) is 0 Å². The third kappa shape index (κ3) is 2.63. The molecule has 4 N–H and O–H groups in total. The molecule has 0 saturated carbocycles. The molecule has 0 aliphatic carbocycles. The Labute approximate surface area is 133 Å². The number of fused-ring (bicyclic) bond motifs is 1. The number of aromatic amines is 1. The van der Waals surface area contributed by atoms with Crippen LogP contribution in [-0.4, -0.2) is 23.1 Å². The first-order valence-corrected chi connectivity index (χ1v) is 7.24. The van der Waals surface area contributed by atoms with Crippen LogP contribution in [0.25, 0.3) is 16.5 Å². The van der Waals surface area contributed by atoms with Gasteiger partial charge in [-0.1, -0.05) is 0 Å². The fraction of sp³-hybridized carbons (Fsp3) is 0.176. The van der Waals surface area contributed by atoms with Gasteiger partial charge in [-0.3, -0.25) is 10.1 Å². The van der Waals surface area contributed by atoms with Gasteiger partial charge in [0.05, 0.1) is 5.52 Å². The molecule has 1 aliphatic heterocycles. The van der Waals surface area contributed by atoms with Crippen LogP contribution in [0, 0.1) is 19.7 Å². The zero-order chi connectivity index (χ0) is 16.6. The lowest BCUT2D eigenvalue weighted by molar-refractivity contribution is 0.619. The Bertz CT molecular complexity index is 899. The van der Waals surface area contributed by atoms with Crippen LogP contribution in [0.4, 0.5) is 4.39 Å². The quantitative estimate of drug-likeness (QED) is 0.589. The smallest absolute Gasteiger partial charge is 0.128 e. The van der Waals surface area contributed by atoms with Gasteiger partial charge in [0.15, 0.2) is 0 Å². The van der Waals surface area contributed by atoms with Crippen LogP contribution < -0.4 is 11.1 Å². The van der Waals surface area contributed by atoms with Gasteiger partial charge in [-0.25, -0.2) is 4.39 Å². The number of nitrogens with zero attached hydrogens (tertiary/aromatic N) is 2. The van der Waals surface area contributed by atoms with Crippen LogP contribution >= 0.6 is 0 Å². The van der Waals surface area contributed by atoms with Crippen molar-refractivity contribution < 1.29 is 4.39 Å². The first-order chi connectivity index (χ1) is 11.0. The Hall–Kier alpha value is -2.89. The van der Waals surface area contributed by atoms with Gasteiger partial charge in [0.2, 0.25) is 0 Å². The lowest BCUT2D eigenvalue weighted by atomic mass is 9.93. The molecule has 23 heavy (non-hydrogen) atoms. The van der Waals surface area contributed by atoms with E-state index in [-0.39, 0.29) is 5.82 Å². The Morgan fingerprint density at radius 2 is 2.17 bits per heavy atom. The molecular formula is C17H18FN5. The summed E-state index contributed by atoms with van der Waals surface area (Å²) in [5.74, 6) is 0.144. The Morgan fingerprint density at radius 3 is 2.91 bits per heavy atom.